The molecule has 1 heterocycles. The van der Waals surface area contributed by atoms with Gasteiger partial charge in [-0.15, -0.1) is 0 Å². The Kier molecular flexibility index (Phi) is 4.35. The predicted octanol–water partition coefficient (Wildman–Crippen LogP) is 4.04. The Bertz CT molecular complexity index is 747. The van der Waals surface area contributed by atoms with E-state index in [4.69, 9.17) is 4.74 Å². The Hall–Kier alpha value is -2.30. The maximum absolute atomic E-state index is 14.0. The second-order valence-corrected chi connectivity index (χ2v) is 7.07. The van der Waals surface area contributed by atoms with Crippen LogP contribution in [0.2, 0.25) is 0 Å². The molecule has 0 bridgehead atoms. The van der Waals surface area contributed by atoms with E-state index >= 15 is 0 Å². The standard InChI is InChI=1S/C19H23FN2O2/c1-19(2,3)24-18(23)22-12-10-21(11-13-22)17-9-8-16(20)14-6-4-5-7-15(14)17/h4-9H,10-13H2,1-3H3. The summed E-state index contributed by atoms with van der Waals surface area (Å²) in [7, 11) is 0. The fourth-order valence-electron chi connectivity index (χ4n) is 2.98. The highest BCUT2D eigenvalue weighted by molar-refractivity contribution is 5.94. The summed E-state index contributed by atoms with van der Waals surface area (Å²) in [6.07, 6.45) is -0.272. The first kappa shape index (κ1) is 16.6. The molecule has 4 nitrogen and oxygen atoms in total. The summed E-state index contributed by atoms with van der Waals surface area (Å²) in [4.78, 5) is 16.1. The molecule has 5 heteroatoms. The third-order valence-corrected chi connectivity index (χ3v) is 4.12. The van der Waals surface area contributed by atoms with Crippen molar-refractivity contribution in [2.45, 2.75) is 26.4 Å². The predicted molar refractivity (Wildman–Crippen MR) is 93.9 cm³/mol. The number of piperazine rings is 1. The van der Waals surface area contributed by atoms with E-state index in [0.717, 1.165) is 11.1 Å². The molecule has 1 aliphatic heterocycles. The van der Waals surface area contributed by atoms with Crippen LogP contribution < -0.4 is 4.90 Å². The van der Waals surface area contributed by atoms with E-state index < -0.39 is 5.60 Å². The van der Waals surface area contributed by atoms with Crippen LogP contribution in [0.4, 0.5) is 14.9 Å². The minimum atomic E-state index is -0.485. The molecular weight excluding hydrogens is 307 g/mol. The van der Waals surface area contributed by atoms with Crippen LogP contribution in [0.1, 0.15) is 20.8 Å². The first-order valence-electron chi connectivity index (χ1n) is 8.25. The first-order chi connectivity index (χ1) is 11.3. The number of carbonyl (C=O) groups excluding carboxylic acids is 1. The third-order valence-electron chi connectivity index (χ3n) is 4.12. The third kappa shape index (κ3) is 3.45. The van der Waals surface area contributed by atoms with Crippen molar-refractivity contribution in [1.82, 2.24) is 4.90 Å². The lowest BCUT2D eigenvalue weighted by Gasteiger charge is -2.37. The molecule has 0 radical (unpaired) electrons. The SMILES string of the molecule is CC(C)(C)OC(=O)N1CCN(c2ccc(F)c3ccccc23)CC1. The lowest BCUT2D eigenvalue weighted by molar-refractivity contribution is 0.0241. The molecule has 1 aliphatic rings. The number of carbonyl (C=O) groups is 1. The molecule has 0 N–H and O–H groups in total. The van der Waals surface area contributed by atoms with Gasteiger partial charge in [0.1, 0.15) is 11.4 Å². The van der Waals surface area contributed by atoms with Gasteiger partial charge in [-0.3, -0.25) is 0 Å². The number of amides is 1. The normalized spacial score (nSPS) is 15.7. The molecule has 0 aliphatic carbocycles. The first-order valence-corrected chi connectivity index (χ1v) is 8.25. The topological polar surface area (TPSA) is 32.8 Å². The minimum absolute atomic E-state index is 0.207. The monoisotopic (exact) mass is 330 g/mol. The number of rotatable bonds is 1. The van der Waals surface area contributed by atoms with E-state index in [1.165, 1.54) is 6.07 Å². The molecule has 1 fully saturated rings. The van der Waals surface area contributed by atoms with Gasteiger partial charge in [-0.05, 0) is 32.9 Å². The number of nitrogens with zero attached hydrogens (tertiary/aromatic N) is 2. The van der Waals surface area contributed by atoms with Gasteiger partial charge in [-0.25, -0.2) is 9.18 Å². The molecule has 3 rings (SSSR count). The van der Waals surface area contributed by atoms with Crippen LogP contribution in [0.25, 0.3) is 10.8 Å². The molecular formula is C19H23FN2O2. The van der Waals surface area contributed by atoms with Gasteiger partial charge in [0.25, 0.3) is 0 Å². The fraction of sp³-hybridized carbons (Fsp3) is 0.421. The highest BCUT2D eigenvalue weighted by Gasteiger charge is 2.26. The number of benzene rings is 2. The summed E-state index contributed by atoms with van der Waals surface area (Å²) in [6.45, 7) is 8.20. The van der Waals surface area contributed by atoms with Crippen LogP contribution in [0.5, 0.6) is 0 Å². The van der Waals surface area contributed by atoms with Crippen molar-refractivity contribution in [3.8, 4) is 0 Å². The number of halogens is 1. The molecule has 1 saturated heterocycles. The lowest BCUT2D eigenvalue weighted by atomic mass is 10.1. The van der Waals surface area contributed by atoms with Crippen LogP contribution in [0.3, 0.4) is 0 Å². The van der Waals surface area contributed by atoms with Crippen LogP contribution in [0.15, 0.2) is 36.4 Å². The second kappa shape index (κ2) is 6.30. The maximum Gasteiger partial charge on any atom is 0.410 e. The Morgan fingerprint density at radius 2 is 1.62 bits per heavy atom. The van der Waals surface area contributed by atoms with Crippen molar-refractivity contribution >= 4 is 22.6 Å². The number of anilines is 1. The Morgan fingerprint density at radius 1 is 1.00 bits per heavy atom. The number of ether oxygens (including phenoxy) is 1. The van der Waals surface area contributed by atoms with E-state index in [2.05, 4.69) is 4.90 Å². The zero-order chi connectivity index (χ0) is 17.3. The van der Waals surface area contributed by atoms with E-state index in [1.807, 2.05) is 45.0 Å². The van der Waals surface area contributed by atoms with Gasteiger partial charge in [0, 0.05) is 42.6 Å². The van der Waals surface area contributed by atoms with Crippen molar-refractivity contribution in [2.24, 2.45) is 0 Å². The van der Waals surface area contributed by atoms with Gasteiger partial charge in [0.2, 0.25) is 0 Å². The van der Waals surface area contributed by atoms with Crippen LogP contribution >= 0.6 is 0 Å². The summed E-state index contributed by atoms with van der Waals surface area (Å²) in [6, 6.07) is 10.8. The molecule has 128 valence electrons. The van der Waals surface area contributed by atoms with Gasteiger partial charge < -0.3 is 14.5 Å². The smallest absolute Gasteiger partial charge is 0.410 e. The van der Waals surface area contributed by atoms with Gasteiger partial charge in [0.05, 0.1) is 0 Å². The maximum atomic E-state index is 14.0. The number of hydrogen-bond donors (Lipinski definition) is 0. The fourth-order valence-corrected chi connectivity index (χ4v) is 2.98. The summed E-state index contributed by atoms with van der Waals surface area (Å²) in [5.41, 5.74) is 0.525. The summed E-state index contributed by atoms with van der Waals surface area (Å²) in [5.74, 6) is -0.207. The molecule has 2 aromatic carbocycles. The molecule has 24 heavy (non-hydrogen) atoms. The van der Waals surface area contributed by atoms with Crippen molar-refractivity contribution in [1.29, 1.82) is 0 Å². The zero-order valence-corrected chi connectivity index (χ0v) is 14.4. The van der Waals surface area contributed by atoms with Crippen LogP contribution in [-0.4, -0.2) is 42.8 Å². The van der Waals surface area contributed by atoms with Crippen molar-refractivity contribution in [3.05, 3.63) is 42.2 Å². The molecule has 0 saturated carbocycles. The highest BCUT2D eigenvalue weighted by Crippen LogP contribution is 2.29. The quantitative estimate of drug-likeness (QED) is 0.791. The molecule has 0 aromatic heterocycles. The van der Waals surface area contributed by atoms with Crippen LogP contribution in [-0.2, 0) is 4.74 Å². The lowest BCUT2D eigenvalue weighted by Crippen LogP contribution is -2.50. The number of fused-ring (bicyclic) bond motifs is 1. The average molecular weight is 330 g/mol. The molecule has 0 atom stereocenters. The van der Waals surface area contributed by atoms with Gasteiger partial charge >= 0.3 is 6.09 Å². The average Bonchev–Trinajstić information content (AvgIpc) is 2.54. The summed E-state index contributed by atoms with van der Waals surface area (Å²) in [5, 5.41) is 1.53. The second-order valence-electron chi connectivity index (χ2n) is 7.07. The Labute approximate surface area is 141 Å². The van der Waals surface area contributed by atoms with E-state index in [-0.39, 0.29) is 11.9 Å². The van der Waals surface area contributed by atoms with Crippen molar-refractivity contribution in [2.75, 3.05) is 31.1 Å². The Balaban J connectivity index is 1.74. The summed E-state index contributed by atoms with van der Waals surface area (Å²) >= 11 is 0. The molecule has 2 aromatic rings. The van der Waals surface area contributed by atoms with Crippen molar-refractivity contribution in [3.63, 3.8) is 0 Å². The largest absolute Gasteiger partial charge is 0.444 e. The van der Waals surface area contributed by atoms with E-state index in [1.54, 1.807) is 11.0 Å². The highest BCUT2D eigenvalue weighted by atomic mass is 19.1. The van der Waals surface area contributed by atoms with Crippen molar-refractivity contribution < 1.29 is 13.9 Å². The van der Waals surface area contributed by atoms with Gasteiger partial charge in [-0.1, -0.05) is 24.3 Å². The van der Waals surface area contributed by atoms with E-state index in [0.29, 0.717) is 31.6 Å². The van der Waals surface area contributed by atoms with E-state index in [9.17, 15) is 9.18 Å². The van der Waals surface area contributed by atoms with Gasteiger partial charge in [0.15, 0.2) is 0 Å². The zero-order valence-electron chi connectivity index (χ0n) is 14.4. The summed E-state index contributed by atoms with van der Waals surface area (Å²) < 4.78 is 19.4. The van der Waals surface area contributed by atoms with Crippen LogP contribution in [0, 0.1) is 5.82 Å². The number of hydrogen-bond acceptors (Lipinski definition) is 3. The minimum Gasteiger partial charge on any atom is -0.444 e. The molecule has 1 amide bonds. The molecule has 0 spiro atoms. The Morgan fingerprint density at radius 3 is 2.25 bits per heavy atom. The van der Waals surface area contributed by atoms with Gasteiger partial charge in [-0.2, -0.15) is 0 Å². The molecule has 0 unspecified atom stereocenters.